The first-order valence-electron chi connectivity index (χ1n) is 3.64. The molecule has 10 heavy (non-hydrogen) atoms. The predicted molar refractivity (Wildman–Crippen MR) is 44.7 cm³/mol. The fourth-order valence-corrected chi connectivity index (χ4v) is 1.00. The van der Waals surface area contributed by atoms with Gasteiger partial charge in [-0.25, -0.2) is 0 Å². The average Bonchev–Trinajstić information content (AvgIpc) is 2.13. The van der Waals surface area contributed by atoms with Crippen molar-refractivity contribution in [2.75, 3.05) is 21.1 Å². The van der Waals surface area contributed by atoms with Crippen molar-refractivity contribution in [1.29, 1.82) is 0 Å². The van der Waals surface area contributed by atoms with E-state index < -0.39 is 0 Å². The third-order valence-electron chi connectivity index (χ3n) is 2.42. The average molecular weight is 138 g/mol. The van der Waals surface area contributed by atoms with Crippen molar-refractivity contribution in [1.82, 2.24) is 0 Å². The summed E-state index contributed by atoms with van der Waals surface area (Å²) in [4.78, 5) is 0. The van der Waals surface area contributed by atoms with Crippen molar-refractivity contribution in [2.24, 2.45) is 0 Å². The molecule has 0 aliphatic heterocycles. The van der Waals surface area contributed by atoms with Crippen LogP contribution in [0.15, 0.2) is 24.3 Å². The number of hydrogen-bond acceptors (Lipinski definition) is 0. The van der Waals surface area contributed by atoms with Crippen molar-refractivity contribution in [3.63, 3.8) is 0 Å². The van der Waals surface area contributed by atoms with Crippen LogP contribution >= 0.6 is 0 Å². The highest BCUT2D eigenvalue weighted by atomic mass is 15.3. The summed E-state index contributed by atoms with van der Waals surface area (Å²) in [5.74, 6) is 0. The number of quaternary nitrogens is 1. The maximum atomic E-state index is 2.24. The third kappa shape index (κ3) is 1.01. The molecule has 0 aromatic rings. The molecule has 56 valence electrons. The van der Waals surface area contributed by atoms with Crippen molar-refractivity contribution < 1.29 is 4.48 Å². The molecule has 0 spiro atoms. The standard InChI is InChI=1S/C9H16N/c1-9(10(2,3)4)7-5-6-8-9/h5-8H,1-4H3/q+1. The number of likely N-dealkylation sites (N-methyl/N-ethyl adjacent to an activating group) is 1. The quantitative estimate of drug-likeness (QED) is 0.483. The fraction of sp³-hybridized carbons (Fsp3) is 0.556. The smallest absolute Gasteiger partial charge is 0.134 e. The van der Waals surface area contributed by atoms with Gasteiger partial charge >= 0.3 is 0 Å². The maximum Gasteiger partial charge on any atom is 0.134 e. The topological polar surface area (TPSA) is 0 Å². The molecule has 1 heteroatoms. The summed E-state index contributed by atoms with van der Waals surface area (Å²) in [7, 11) is 6.62. The van der Waals surface area contributed by atoms with Crippen molar-refractivity contribution in [3.8, 4) is 0 Å². The summed E-state index contributed by atoms with van der Waals surface area (Å²) < 4.78 is 0.958. The molecular formula is C9H16N+. The molecule has 0 aromatic heterocycles. The van der Waals surface area contributed by atoms with Crippen molar-refractivity contribution in [2.45, 2.75) is 12.5 Å². The summed E-state index contributed by atoms with van der Waals surface area (Å²) in [5.41, 5.74) is 0.208. The van der Waals surface area contributed by atoms with Gasteiger partial charge in [0.2, 0.25) is 0 Å². The maximum absolute atomic E-state index is 2.24. The minimum Gasteiger partial charge on any atom is -0.320 e. The zero-order chi connectivity index (χ0) is 7.83. The van der Waals surface area contributed by atoms with Crippen LogP contribution in [0.5, 0.6) is 0 Å². The first-order valence-corrected chi connectivity index (χ1v) is 3.64. The van der Waals surface area contributed by atoms with E-state index >= 15 is 0 Å². The molecular weight excluding hydrogens is 122 g/mol. The van der Waals surface area contributed by atoms with E-state index in [1.165, 1.54) is 0 Å². The Morgan fingerprint density at radius 3 is 1.60 bits per heavy atom. The van der Waals surface area contributed by atoms with E-state index in [-0.39, 0.29) is 5.54 Å². The largest absolute Gasteiger partial charge is 0.320 e. The van der Waals surface area contributed by atoms with Gasteiger partial charge in [0.1, 0.15) is 5.54 Å². The Hall–Kier alpha value is -0.560. The molecule has 0 aromatic carbocycles. The molecule has 1 rings (SSSR count). The van der Waals surface area contributed by atoms with Gasteiger partial charge in [-0.2, -0.15) is 0 Å². The van der Waals surface area contributed by atoms with Gasteiger partial charge in [-0.3, -0.25) is 0 Å². The third-order valence-corrected chi connectivity index (χ3v) is 2.42. The monoisotopic (exact) mass is 138 g/mol. The first kappa shape index (κ1) is 7.55. The van der Waals surface area contributed by atoms with Crippen LogP contribution < -0.4 is 0 Å². The second kappa shape index (κ2) is 1.96. The normalized spacial score (nSPS) is 22.0. The summed E-state index contributed by atoms with van der Waals surface area (Å²) >= 11 is 0. The number of rotatable bonds is 1. The lowest BCUT2D eigenvalue weighted by Crippen LogP contribution is -2.51. The van der Waals surface area contributed by atoms with Crippen LogP contribution in [-0.4, -0.2) is 31.2 Å². The first-order chi connectivity index (χ1) is 4.46. The molecule has 0 amide bonds. The zero-order valence-corrected chi connectivity index (χ0v) is 7.26. The Morgan fingerprint density at radius 2 is 1.40 bits per heavy atom. The molecule has 0 atom stereocenters. The molecule has 0 N–H and O–H groups in total. The minimum absolute atomic E-state index is 0.208. The Morgan fingerprint density at radius 1 is 1.00 bits per heavy atom. The predicted octanol–water partition coefficient (Wildman–Crippen LogP) is 1.58. The van der Waals surface area contributed by atoms with Gasteiger partial charge < -0.3 is 4.48 Å². The lowest BCUT2D eigenvalue weighted by Gasteiger charge is -2.38. The Bertz CT molecular complexity index is 169. The van der Waals surface area contributed by atoms with E-state index in [0.29, 0.717) is 0 Å². The van der Waals surface area contributed by atoms with Gasteiger partial charge in [-0.05, 0) is 19.1 Å². The van der Waals surface area contributed by atoms with Gasteiger partial charge in [-0.1, -0.05) is 12.2 Å². The highest BCUT2D eigenvalue weighted by Gasteiger charge is 2.33. The molecule has 1 aliphatic carbocycles. The minimum atomic E-state index is 0.208. The van der Waals surface area contributed by atoms with Gasteiger partial charge in [0, 0.05) is 0 Å². The molecule has 0 saturated carbocycles. The second-order valence-electron chi connectivity index (χ2n) is 3.96. The van der Waals surface area contributed by atoms with Gasteiger partial charge in [0.05, 0.1) is 21.1 Å². The number of nitrogens with zero attached hydrogens (tertiary/aromatic N) is 1. The van der Waals surface area contributed by atoms with Gasteiger partial charge in [0.25, 0.3) is 0 Å². The van der Waals surface area contributed by atoms with E-state index in [1.807, 2.05) is 0 Å². The van der Waals surface area contributed by atoms with E-state index in [4.69, 9.17) is 0 Å². The number of allylic oxidation sites excluding steroid dienone is 2. The van der Waals surface area contributed by atoms with Crippen LogP contribution in [0.2, 0.25) is 0 Å². The molecule has 0 heterocycles. The van der Waals surface area contributed by atoms with Crippen LogP contribution in [0.1, 0.15) is 6.92 Å². The van der Waals surface area contributed by atoms with E-state index in [2.05, 4.69) is 52.4 Å². The SMILES string of the molecule is CC1([N+](C)(C)C)C=CC=C1. The fourth-order valence-electron chi connectivity index (χ4n) is 1.00. The summed E-state index contributed by atoms with van der Waals surface area (Å²) in [6.45, 7) is 2.24. The molecule has 0 unspecified atom stereocenters. The highest BCUT2D eigenvalue weighted by molar-refractivity contribution is 5.25. The van der Waals surface area contributed by atoms with Crippen LogP contribution in [0.4, 0.5) is 0 Å². The lowest BCUT2D eigenvalue weighted by molar-refractivity contribution is -0.906. The second-order valence-corrected chi connectivity index (χ2v) is 3.96. The Balaban J connectivity index is 2.90. The van der Waals surface area contributed by atoms with E-state index in [9.17, 15) is 0 Å². The summed E-state index contributed by atoms with van der Waals surface area (Å²) in [6.07, 6.45) is 8.72. The van der Waals surface area contributed by atoms with Crippen LogP contribution in [0.3, 0.4) is 0 Å². The molecule has 0 saturated heterocycles. The Labute approximate surface area is 63.2 Å². The highest BCUT2D eigenvalue weighted by Crippen LogP contribution is 2.25. The zero-order valence-electron chi connectivity index (χ0n) is 7.26. The van der Waals surface area contributed by atoms with E-state index in [0.717, 1.165) is 4.48 Å². The van der Waals surface area contributed by atoms with Crippen molar-refractivity contribution >= 4 is 0 Å². The van der Waals surface area contributed by atoms with Crippen LogP contribution in [0.25, 0.3) is 0 Å². The van der Waals surface area contributed by atoms with E-state index in [1.54, 1.807) is 0 Å². The summed E-state index contributed by atoms with van der Waals surface area (Å²) in [6, 6.07) is 0. The molecule has 1 aliphatic rings. The van der Waals surface area contributed by atoms with Crippen molar-refractivity contribution in [3.05, 3.63) is 24.3 Å². The van der Waals surface area contributed by atoms with Gasteiger partial charge in [0.15, 0.2) is 0 Å². The summed E-state index contributed by atoms with van der Waals surface area (Å²) in [5, 5.41) is 0. The molecule has 0 bridgehead atoms. The van der Waals surface area contributed by atoms with Crippen LogP contribution in [0, 0.1) is 0 Å². The lowest BCUT2D eigenvalue weighted by atomic mass is 10.0. The molecule has 0 radical (unpaired) electrons. The number of hydrogen-bond donors (Lipinski definition) is 0. The molecule has 0 fully saturated rings. The van der Waals surface area contributed by atoms with Crippen LogP contribution in [-0.2, 0) is 0 Å². The Kier molecular flexibility index (Phi) is 1.48. The molecule has 1 nitrogen and oxygen atoms in total. The van der Waals surface area contributed by atoms with Gasteiger partial charge in [-0.15, -0.1) is 0 Å².